The first-order chi connectivity index (χ1) is 12.1. The number of nitrogens with zero attached hydrogens (tertiary/aromatic N) is 1. The molecule has 2 aromatic rings. The molecule has 1 heterocycles. The third-order valence-electron chi connectivity index (χ3n) is 4.51. The quantitative estimate of drug-likeness (QED) is 0.909. The van der Waals surface area contributed by atoms with Gasteiger partial charge in [0.15, 0.2) is 11.5 Å². The molecular formula is C20H24N2O3. The molecule has 0 spiro atoms. The van der Waals surface area contributed by atoms with Gasteiger partial charge in [-0.05, 0) is 35.9 Å². The van der Waals surface area contributed by atoms with Crippen LogP contribution in [0.1, 0.15) is 22.7 Å². The summed E-state index contributed by atoms with van der Waals surface area (Å²) in [5.41, 5.74) is 3.38. The van der Waals surface area contributed by atoms with Gasteiger partial charge in [0.05, 0.1) is 26.7 Å². The molecule has 5 heteroatoms. The van der Waals surface area contributed by atoms with Crippen molar-refractivity contribution in [1.82, 2.24) is 10.2 Å². The highest BCUT2D eigenvalue weighted by Crippen LogP contribution is 2.28. The summed E-state index contributed by atoms with van der Waals surface area (Å²) in [6, 6.07) is 13.9. The average Bonchev–Trinajstić information content (AvgIpc) is 2.61. The summed E-state index contributed by atoms with van der Waals surface area (Å²) in [7, 11) is 5.27. The van der Waals surface area contributed by atoms with Gasteiger partial charge in [0.2, 0.25) is 5.91 Å². The topological polar surface area (TPSA) is 50.8 Å². The molecule has 0 fully saturated rings. The zero-order valence-electron chi connectivity index (χ0n) is 14.9. The first-order valence-corrected chi connectivity index (χ1v) is 8.37. The highest BCUT2D eigenvalue weighted by atomic mass is 16.5. The van der Waals surface area contributed by atoms with Gasteiger partial charge in [-0.1, -0.05) is 30.3 Å². The molecule has 1 atom stereocenters. The minimum absolute atomic E-state index is 0.00215. The van der Waals surface area contributed by atoms with Crippen LogP contribution >= 0.6 is 0 Å². The van der Waals surface area contributed by atoms with E-state index >= 15 is 0 Å². The normalized spacial score (nSPS) is 16.8. The number of ether oxygens (including phenoxy) is 2. The molecule has 3 rings (SSSR count). The van der Waals surface area contributed by atoms with E-state index in [-0.39, 0.29) is 11.9 Å². The summed E-state index contributed by atoms with van der Waals surface area (Å²) in [6.45, 7) is 1.73. The summed E-state index contributed by atoms with van der Waals surface area (Å²) >= 11 is 0. The minimum Gasteiger partial charge on any atom is -0.493 e. The van der Waals surface area contributed by atoms with E-state index < -0.39 is 0 Å². The first-order valence-electron chi connectivity index (χ1n) is 8.37. The Bertz CT molecular complexity index is 760. The molecule has 0 radical (unpaired) electrons. The lowest BCUT2D eigenvalue weighted by atomic mass is 9.95. The molecule has 1 aliphatic heterocycles. The number of rotatable bonds is 5. The van der Waals surface area contributed by atoms with E-state index in [1.807, 2.05) is 30.3 Å². The monoisotopic (exact) mass is 340 g/mol. The molecule has 0 aromatic heterocycles. The largest absolute Gasteiger partial charge is 0.493 e. The number of benzene rings is 2. The van der Waals surface area contributed by atoms with Crippen molar-refractivity contribution in [1.29, 1.82) is 0 Å². The Hall–Kier alpha value is -2.53. The number of amides is 1. The Labute approximate surface area is 148 Å². The van der Waals surface area contributed by atoms with Gasteiger partial charge < -0.3 is 14.8 Å². The highest BCUT2D eigenvalue weighted by Gasteiger charge is 2.24. The summed E-state index contributed by atoms with van der Waals surface area (Å²) in [5, 5.41) is 3.17. The first kappa shape index (κ1) is 17.3. The van der Waals surface area contributed by atoms with Crippen molar-refractivity contribution in [3.05, 3.63) is 59.2 Å². The van der Waals surface area contributed by atoms with E-state index in [4.69, 9.17) is 9.47 Å². The van der Waals surface area contributed by atoms with Crippen molar-refractivity contribution < 1.29 is 14.3 Å². The summed E-state index contributed by atoms with van der Waals surface area (Å²) in [6.07, 6.45) is 0.308. The van der Waals surface area contributed by atoms with Gasteiger partial charge in [-0.25, -0.2) is 0 Å². The molecule has 25 heavy (non-hydrogen) atoms. The molecule has 1 unspecified atom stereocenters. The van der Waals surface area contributed by atoms with E-state index in [2.05, 4.69) is 29.4 Å². The van der Waals surface area contributed by atoms with Crippen molar-refractivity contribution in [3.8, 4) is 11.5 Å². The number of carbonyl (C=O) groups is 1. The number of hydrogen-bond acceptors (Lipinski definition) is 4. The Morgan fingerprint density at radius 2 is 1.92 bits per heavy atom. The SMILES string of the molecule is COc1ccc(CC(=O)NC2CN(C)Cc3ccccc32)cc1OC. The van der Waals surface area contributed by atoms with Crippen LogP contribution < -0.4 is 14.8 Å². The van der Waals surface area contributed by atoms with Gasteiger partial charge in [-0.2, -0.15) is 0 Å². The Morgan fingerprint density at radius 1 is 1.16 bits per heavy atom. The second kappa shape index (κ2) is 7.57. The van der Waals surface area contributed by atoms with E-state index in [0.29, 0.717) is 17.9 Å². The van der Waals surface area contributed by atoms with Gasteiger partial charge in [0.25, 0.3) is 0 Å². The Morgan fingerprint density at radius 3 is 2.68 bits per heavy atom. The summed E-state index contributed by atoms with van der Waals surface area (Å²) in [4.78, 5) is 14.8. The number of fused-ring (bicyclic) bond motifs is 1. The summed E-state index contributed by atoms with van der Waals surface area (Å²) in [5.74, 6) is 1.30. The number of hydrogen-bond donors (Lipinski definition) is 1. The molecule has 0 bridgehead atoms. The lowest BCUT2D eigenvalue weighted by molar-refractivity contribution is -0.121. The van der Waals surface area contributed by atoms with E-state index in [1.165, 1.54) is 11.1 Å². The molecule has 2 aromatic carbocycles. The summed E-state index contributed by atoms with van der Waals surface area (Å²) < 4.78 is 10.5. The Kier molecular flexibility index (Phi) is 5.24. The highest BCUT2D eigenvalue weighted by molar-refractivity contribution is 5.79. The lowest BCUT2D eigenvalue weighted by Gasteiger charge is -2.32. The van der Waals surface area contributed by atoms with Crippen LogP contribution in [0.15, 0.2) is 42.5 Å². The van der Waals surface area contributed by atoms with Crippen molar-refractivity contribution in [3.63, 3.8) is 0 Å². The lowest BCUT2D eigenvalue weighted by Crippen LogP contribution is -2.40. The van der Waals surface area contributed by atoms with Crippen LogP contribution in [-0.2, 0) is 17.8 Å². The molecule has 1 aliphatic rings. The second-order valence-electron chi connectivity index (χ2n) is 6.38. The second-order valence-corrected chi connectivity index (χ2v) is 6.38. The fourth-order valence-electron chi connectivity index (χ4n) is 3.33. The minimum atomic E-state index is 0.00215. The average molecular weight is 340 g/mol. The molecule has 5 nitrogen and oxygen atoms in total. The number of methoxy groups -OCH3 is 2. The third kappa shape index (κ3) is 3.94. The van der Waals surface area contributed by atoms with Gasteiger partial charge in [0, 0.05) is 13.1 Å². The zero-order chi connectivity index (χ0) is 17.8. The fraction of sp³-hybridized carbons (Fsp3) is 0.350. The van der Waals surface area contributed by atoms with Crippen LogP contribution in [0.5, 0.6) is 11.5 Å². The maximum Gasteiger partial charge on any atom is 0.224 e. The van der Waals surface area contributed by atoms with E-state index in [0.717, 1.165) is 18.7 Å². The predicted molar refractivity (Wildman–Crippen MR) is 96.9 cm³/mol. The maximum atomic E-state index is 12.5. The smallest absolute Gasteiger partial charge is 0.224 e. The van der Waals surface area contributed by atoms with Gasteiger partial charge in [-0.15, -0.1) is 0 Å². The molecule has 0 saturated heterocycles. The van der Waals surface area contributed by atoms with Gasteiger partial charge >= 0.3 is 0 Å². The van der Waals surface area contributed by atoms with Crippen molar-refractivity contribution >= 4 is 5.91 Å². The molecule has 132 valence electrons. The number of likely N-dealkylation sites (N-methyl/N-ethyl adjacent to an activating group) is 1. The fourth-order valence-corrected chi connectivity index (χ4v) is 3.33. The predicted octanol–water partition coefficient (Wildman–Crippen LogP) is 2.55. The Balaban J connectivity index is 1.71. The van der Waals surface area contributed by atoms with E-state index in [1.54, 1.807) is 14.2 Å². The van der Waals surface area contributed by atoms with Crippen molar-refractivity contribution in [2.75, 3.05) is 27.8 Å². The number of carbonyl (C=O) groups excluding carboxylic acids is 1. The van der Waals surface area contributed by atoms with Crippen LogP contribution in [-0.4, -0.2) is 38.6 Å². The van der Waals surface area contributed by atoms with E-state index in [9.17, 15) is 4.79 Å². The van der Waals surface area contributed by atoms with Crippen LogP contribution in [0.25, 0.3) is 0 Å². The standard InChI is InChI=1S/C20H24N2O3/c1-22-12-15-6-4-5-7-16(15)17(13-22)21-20(23)11-14-8-9-18(24-2)19(10-14)25-3/h4-10,17H,11-13H2,1-3H3,(H,21,23). The molecule has 1 amide bonds. The molecule has 0 saturated carbocycles. The van der Waals surface area contributed by atoms with Gasteiger partial charge in [0.1, 0.15) is 0 Å². The van der Waals surface area contributed by atoms with Crippen LogP contribution in [0.4, 0.5) is 0 Å². The van der Waals surface area contributed by atoms with Crippen LogP contribution in [0, 0.1) is 0 Å². The van der Waals surface area contributed by atoms with Gasteiger partial charge in [-0.3, -0.25) is 9.69 Å². The van der Waals surface area contributed by atoms with Crippen LogP contribution in [0.2, 0.25) is 0 Å². The molecule has 1 N–H and O–H groups in total. The van der Waals surface area contributed by atoms with Crippen molar-refractivity contribution in [2.45, 2.75) is 19.0 Å². The molecular weight excluding hydrogens is 316 g/mol. The molecule has 0 aliphatic carbocycles. The number of nitrogens with one attached hydrogen (secondary N) is 1. The van der Waals surface area contributed by atoms with Crippen molar-refractivity contribution in [2.24, 2.45) is 0 Å². The third-order valence-corrected chi connectivity index (χ3v) is 4.51. The maximum absolute atomic E-state index is 12.5. The zero-order valence-corrected chi connectivity index (χ0v) is 14.9. The van der Waals surface area contributed by atoms with Crippen LogP contribution in [0.3, 0.4) is 0 Å².